The summed E-state index contributed by atoms with van der Waals surface area (Å²) in [4.78, 5) is 43.0. The number of thiophene rings is 1. The number of amides is 1. The van der Waals surface area contributed by atoms with E-state index in [2.05, 4.69) is 32.6 Å². The standard InChI is InChI=1S/C31H37N7O3S/c1-20(2)21(3)27(39)7-8-28(40)37-11-9-36(10-12-37)19-22-17-26-29(42-22)31(38-13-15-41-16-14-38)34-30(33-26)23-5-4-6-25-24(23)18-32-35-25/h4-6,17-18,20H,3,7-16,19H2,1-2H3,(H,32,35). The van der Waals surface area contributed by atoms with E-state index < -0.39 is 0 Å². The van der Waals surface area contributed by atoms with Crippen LogP contribution in [0, 0.1) is 5.92 Å². The highest BCUT2D eigenvalue weighted by Gasteiger charge is 2.25. The quantitative estimate of drug-likeness (QED) is 0.289. The third kappa shape index (κ3) is 5.95. The molecule has 2 fully saturated rings. The Balaban J connectivity index is 1.17. The second-order valence-electron chi connectivity index (χ2n) is 11.3. The summed E-state index contributed by atoms with van der Waals surface area (Å²) in [5.41, 5.74) is 3.47. The summed E-state index contributed by atoms with van der Waals surface area (Å²) in [5.74, 6) is 1.80. The molecule has 10 nitrogen and oxygen atoms in total. The van der Waals surface area contributed by atoms with Gasteiger partial charge in [0.1, 0.15) is 0 Å². The molecular formula is C31H37N7O3S. The molecule has 6 rings (SSSR count). The van der Waals surface area contributed by atoms with Crippen LogP contribution >= 0.6 is 11.3 Å². The summed E-state index contributed by atoms with van der Waals surface area (Å²) in [7, 11) is 0. The predicted octanol–water partition coefficient (Wildman–Crippen LogP) is 4.28. The second kappa shape index (κ2) is 12.3. The van der Waals surface area contributed by atoms with Crippen molar-refractivity contribution in [1.82, 2.24) is 30.0 Å². The van der Waals surface area contributed by atoms with Crippen LogP contribution in [0.5, 0.6) is 0 Å². The fraction of sp³-hybridized carbons (Fsp3) is 0.452. The van der Waals surface area contributed by atoms with Gasteiger partial charge in [-0.05, 0) is 23.6 Å². The summed E-state index contributed by atoms with van der Waals surface area (Å²) < 4.78 is 6.72. The van der Waals surface area contributed by atoms with Gasteiger partial charge in [0.15, 0.2) is 17.4 Å². The number of ketones is 1. The first kappa shape index (κ1) is 28.4. The fourth-order valence-electron chi connectivity index (χ4n) is 5.55. The number of nitrogens with one attached hydrogen (secondary N) is 1. The van der Waals surface area contributed by atoms with Crippen LogP contribution in [0.25, 0.3) is 32.5 Å². The maximum atomic E-state index is 12.8. The van der Waals surface area contributed by atoms with Crippen molar-refractivity contribution in [2.45, 2.75) is 33.2 Å². The molecule has 0 aliphatic carbocycles. The molecule has 220 valence electrons. The van der Waals surface area contributed by atoms with Gasteiger partial charge in [-0.3, -0.25) is 19.6 Å². The van der Waals surface area contributed by atoms with Gasteiger partial charge >= 0.3 is 0 Å². The van der Waals surface area contributed by atoms with Gasteiger partial charge in [0.05, 0.1) is 35.1 Å². The van der Waals surface area contributed by atoms with Gasteiger partial charge in [-0.2, -0.15) is 5.10 Å². The van der Waals surface area contributed by atoms with E-state index >= 15 is 0 Å². The van der Waals surface area contributed by atoms with Crippen LogP contribution in [0.15, 0.2) is 42.6 Å². The summed E-state index contributed by atoms with van der Waals surface area (Å²) in [5, 5.41) is 8.27. The first-order chi connectivity index (χ1) is 20.4. The average molecular weight is 588 g/mol. The number of Topliss-reactive ketones (excluding diaryl/α,β-unsaturated/α-hetero) is 1. The first-order valence-corrected chi connectivity index (χ1v) is 15.5. The number of anilines is 1. The average Bonchev–Trinajstić information content (AvgIpc) is 3.66. The zero-order valence-electron chi connectivity index (χ0n) is 24.3. The van der Waals surface area contributed by atoms with E-state index in [-0.39, 0.29) is 30.4 Å². The number of benzene rings is 1. The van der Waals surface area contributed by atoms with Crippen molar-refractivity contribution in [3.05, 3.63) is 47.5 Å². The third-order valence-corrected chi connectivity index (χ3v) is 9.27. The molecule has 0 spiro atoms. The number of ether oxygens (including phenoxy) is 1. The Kier molecular flexibility index (Phi) is 8.32. The SMILES string of the molecule is C=C(C(=O)CCC(=O)N1CCN(Cc2cc3nc(-c4cccc5[nH]ncc45)nc(N4CCOCC4)c3s2)CC1)C(C)C. The number of rotatable bonds is 9. The van der Waals surface area contributed by atoms with Gasteiger partial charge in [0.25, 0.3) is 0 Å². The van der Waals surface area contributed by atoms with E-state index in [0.717, 1.165) is 65.2 Å². The number of aromatic nitrogens is 4. The van der Waals surface area contributed by atoms with Crippen LogP contribution in [-0.4, -0.2) is 94.1 Å². The van der Waals surface area contributed by atoms with Gasteiger partial charge in [-0.15, -0.1) is 11.3 Å². The van der Waals surface area contributed by atoms with E-state index in [4.69, 9.17) is 14.7 Å². The molecule has 2 saturated heterocycles. The molecule has 11 heteroatoms. The molecule has 1 N–H and O–H groups in total. The molecule has 0 atom stereocenters. The van der Waals surface area contributed by atoms with Crippen LogP contribution in [0.2, 0.25) is 0 Å². The summed E-state index contributed by atoms with van der Waals surface area (Å²) in [6.45, 7) is 14.4. The molecule has 42 heavy (non-hydrogen) atoms. The number of H-pyrrole nitrogens is 1. The number of allylic oxidation sites excluding steroid dienone is 1. The Labute approximate surface area is 249 Å². The number of aromatic amines is 1. The number of carbonyl (C=O) groups excluding carboxylic acids is 2. The zero-order valence-corrected chi connectivity index (χ0v) is 25.1. The minimum absolute atomic E-state index is 0.00842. The topological polar surface area (TPSA) is 108 Å². The lowest BCUT2D eigenvalue weighted by atomic mass is 9.98. The largest absolute Gasteiger partial charge is 0.378 e. The Morgan fingerprint density at radius 1 is 1.07 bits per heavy atom. The van der Waals surface area contributed by atoms with E-state index in [1.54, 1.807) is 11.3 Å². The third-order valence-electron chi connectivity index (χ3n) is 8.17. The van der Waals surface area contributed by atoms with Gasteiger partial charge in [0.2, 0.25) is 5.91 Å². The van der Waals surface area contributed by atoms with E-state index in [9.17, 15) is 9.59 Å². The minimum Gasteiger partial charge on any atom is -0.378 e. The van der Waals surface area contributed by atoms with Gasteiger partial charge in [0, 0.05) is 74.5 Å². The van der Waals surface area contributed by atoms with Crippen molar-refractivity contribution in [3.63, 3.8) is 0 Å². The van der Waals surface area contributed by atoms with Crippen molar-refractivity contribution >= 4 is 50.0 Å². The van der Waals surface area contributed by atoms with E-state index in [0.29, 0.717) is 37.7 Å². The molecule has 0 saturated carbocycles. The number of hydrogen-bond acceptors (Lipinski definition) is 9. The van der Waals surface area contributed by atoms with Crippen molar-refractivity contribution in [2.24, 2.45) is 5.92 Å². The molecule has 5 heterocycles. The smallest absolute Gasteiger partial charge is 0.223 e. The fourth-order valence-corrected chi connectivity index (χ4v) is 6.71. The van der Waals surface area contributed by atoms with E-state index in [1.807, 2.05) is 43.1 Å². The number of nitrogens with zero attached hydrogens (tertiary/aromatic N) is 6. The lowest BCUT2D eigenvalue weighted by Gasteiger charge is -2.34. The predicted molar refractivity (Wildman–Crippen MR) is 166 cm³/mol. The van der Waals surface area contributed by atoms with Crippen LogP contribution in [0.4, 0.5) is 5.82 Å². The molecule has 4 aromatic rings. The highest BCUT2D eigenvalue weighted by molar-refractivity contribution is 7.19. The van der Waals surface area contributed by atoms with Gasteiger partial charge in [-0.25, -0.2) is 9.97 Å². The molecule has 2 aliphatic heterocycles. The summed E-state index contributed by atoms with van der Waals surface area (Å²) in [6.07, 6.45) is 2.32. The van der Waals surface area contributed by atoms with Crippen LogP contribution in [0.3, 0.4) is 0 Å². The Hall–Kier alpha value is -3.67. The van der Waals surface area contributed by atoms with Crippen molar-refractivity contribution in [1.29, 1.82) is 0 Å². The lowest BCUT2D eigenvalue weighted by molar-refractivity contribution is -0.134. The van der Waals surface area contributed by atoms with Gasteiger partial charge in [-0.1, -0.05) is 32.6 Å². The number of morpholine rings is 1. The zero-order chi connectivity index (χ0) is 29.2. The maximum Gasteiger partial charge on any atom is 0.223 e. The maximum absolute atomic E-state index is 12.8. The second-order valence-corrected chi connectivity index (χ2v) is 12.4. The number of hydrogen-bond donors (Lipinski definition) is 1. The van der Waals surface area contributed by atoms with Crippen molar-refractivity contribution < 1.29 is 14.3 Å². The van der Waals surface area contributed by atoms with Crippen molar-refractivity contribution in [2.75, 3.05) is 57.4 Å². The molecule has 0 bridgehead atoms. The minimum atomic E-state index is -0.00842. The summed E-state index contributed by atoms with van der Waals surface area (Å²) >= 11 is 1.75. The first-order valence-electron chi connectivity index (χ1n) is 14.6. The van der Waals surface area contributed by atoms with Crippen molar-refractivity contribution in [3.8, 4) is 11.4 Å². The molecule has 0 unspecified atom stereocenters. The summed E-state index contributed by atoms with van der Waals surface area (Å²) in [6, 6.07) is 8.25. The molecule has 2 aliphatic rings. The number of fused-ring (bicyclic) bond motifs is 2. The highest BCUT2D eigenvalue weighted by Crippen LogP contribution is 2.36. The van der Waals surface area contributed by atoms with Gasteiger partial charge < -0.3 is 14.5 Å². The lowest BCUT2D eigenvalue weighted by Crippen LogP contribution is -2.48. The Morgan fingerprint density at radius 2 is 1.86 bits per heavy atom. The Bertz CT molecular complexity index is 1610. The normalized spacial score (nSPS) is 16.5. The van der Waals surface area contributed by atoms with Crippen LogP contribution in [-0.2, 0) is 20.9 Å². The highest BCUT2D eigenvalue weighted by atomic mass is 32.1. The van der Waals surface area contributed by atoms with Crippen LogP contribution < -0.4 is 4.90 Å². The van der Waals surface area contributed by atoms with E-state index in [1.165, 1.54) is 4.88 Å². The number of piperazine rings is 1. The molecular weight excluding hydrogens is 550 g/mol. The van der Waals surface area contributed by atoms with Crippen LogP contribution in [0.1, 0.15) is 31.6 Å². The molecule has 1 aromatic carbocycles. The number of carbonyl (C=O) groups is 2. The monoisotopic (exact) mass is 587 g/mol. The molecule has 0 radical (unpaired) electrons. The Morgan fingerprint density at radius 3 is 2.62 bits per heavy atom. The molecule has 1 amide bonds. The molecule has 3 aromatic heterocycles.